The van der Waals surface area contributed by atoms with E-state index < -0.39 is 10.0 Å². The van der Waals surface area contributed by atoms with Crippen molar-refractivity contribution in [2.45, 2.75) is 32.0 Å². The largest absolute Gasteiger partial charge is 0.315 e. The van der Waals surface area contributed by atoms with Gasteiger partial charge < -0.3 is 9.88 Å². The van der Waals surface area contributed by atoms with Gasteiger partial charge in [-0.25, -0.2) is 8.42 Å². The van der Waals surface area contributed by atoms with E-state index in [1.54, 1.807) is 6.33 Å². The SMILES string of the molecule is O=S(=O)(CC1CCCN1)N1CCn2cnnc2C1. The molecule has 0 amide bonds. The molecule has 1 unspecified atom stereocenters. The average molecular weight is 271 g/mol. The molecule has 0 aliphatic carbocycles. The van der Waals surface area contributed by atoms with Crippen molar-refractivity contribution in [1.29, 1.82) is 0 Å². The van der Waals surface area contributed by atoms with Crippen LogP contribution in [0.4, 0.5) is 0 Å². The van der Waals surface area contributed by atoms with E-state index in [-0.39, 0.29) is 11.8 Å². The number of fused-ring (bicyclic) bond motifs is 1. The Bertz CT molecular complexity index is 520. The zero-order chi connectivity index (χ0) is 12.6. The minimum Gasteiger partial charge on any atom is -0.315 e. The highest BCUT2D eigenvalue weighted by atomic mass is 32.2. The summed E-state index contributed by atoms with van der Waals surface area (Å²) in [6.45, 7) is 2.42. The molecular formula is C10H17N5O2S. The van der Waals surface area contributed by atoms with Gasteiger partial charge in [0.05, 0.1) is 12.3 Å². The molecule has 1 fully saturated rings. The van der Waals surface area contributed by atoms with Crippen LogP contribution in [-0.4, -0.2) is 52.4 Å². The highest BCUT2D eigenvalue weighted by Crippen LogP contribution is 2.16. The third-order valence-corrected chi connectivity index (χ3v) is 5.49. The zero-order valence-corrected chi connectivity index (χ0v) is 10.9. The lowest BCUT2D eigenvalue weighted by Crippen LogP contribution is -2.43. The van der Waals surface area contributed by atoms with Gasteiger partial charge in [0.15, 0.2) is 0 Å². The van der Waals surface area contributed by atoms with E-state index in [0.717, 1.165) is 25.2 Å². The molecule has 100 valence electrons. The highest BCUT2D eigenvalue weighted by Gasteiger charge is 2.30. The van der Waals surface area contributed by atoms with Crippen LogP contribution in [0.15, 0.2) is 6.33 Å². The van der Waals surface area contributed by atoms with Crippen molar-refractivity contribution in [1.82, 2.24) is 24.4 Å². The van der Waals surface area contributed by atoms with Gasteiger partial charge >= 0.3 is 0 Å². The molecule has 1 atom stereocenters. The van der Waals surface area contributed by atoms with Gasteiger partial charge in [-0.3, -0.25) is 0 Å². The minimum atomic E-state index is -3.20. The first-order valence-electron chi connectivity index (χ1n) is 6.23. The molecule has 3 rings (SSSR count). The van der Waals surface area contributed by atoms with Crippen molar-refractivity contribution < 1.29 is 8.42 Å². The molecule has 2 aliphatic rings. The fourth-order valence-corrected chi connectivity index (χ4v) is 4.22. The predicted octanol–water partition coefficient (Wildman–Crippen LogP) is -0.824. The van der Waals surface area contributed by atoms with E-state index in [4.69, 9.17) is 0 Å². The molecule has 1 saturated heterocycles. The summed E-state index contributed by atoms with van der Waals surface area (Å²) in [6, 6.07) is 0.106. The molecule has 0 saturated carbocycles. The Morgan fingerprint density at radius 3 is 3.11 bits per heavy atom. The molecule has 0 spiro atoms. The normalized spacial score (nSPS) is 25.2. The van der Waals surface area contributed by atoms with Crippen LogP contribution in [0.5, 0.6) is 0 Å². The number of nitrogens with one attached hydrogen (secondary N) is 1. The van der Waals surface area contributed by atoms with Crippen LogP contribution < -0.4 is 5.32 Å². The first kappa shape index (κ1) is 12.1. The van der Waals surface area contributed by atoms with E-state index in [9.17, 15) is 8.42 Å². The Balaban J connectivity index is 1.71. The summed E-state index contributed by atoms with van der Waals surface area (Å²) in [5, 5.41) is 11.0. The van der Waals surface area contributed by atoms with Crippen LogP contribution in [0, 0.1) is 0 Å². The van der Waals surface area contributed by atoms with E-state index in [2.05, 4.69) is 15.5 Å². The van der Waals surface area contributed by atoms with Crippen LogP contribution in [0.25, 0.3) is 0 Å². The maximum Gasteiger partial charge on any atom is 0.216 e. The molecule has 3 heterocycles. The molecule has 1 N–H and O–H groups in total. The minimum absolute atomic E-state index is 0.106. The second-order valence-electron chi connectivity index (χ2n) is 4.85. The number of nitrogens with zero attached hydrogens (tertiary/aromatic N) is 4. The Kier molecular flexibility index (Phi) is 3.08. The summed E-state index contributed by atoms with van der Waals surface area (Å²) in [5.41, 5.74) is 0. The Morgan fingerprint density at radius 1 is 1.44 bits per heavy atom. The Morgan fingerprint density at radius 2 is 2.33 bits per heavy atom. The topological polar surface area (TPSA) is 80.1 Å². The third kappa shape index (κ3) is 2.27. The lowest BCUT2D eigenvalue weighted by Gasteiger charge is -2.27. The lowest BCUT2D eigenvalue weighted by molar-refractivity contribution is 0.333. The first-order valence-corrected chi connectivity index (χ1v) is 7.84. The summed E-state index contributed by atoms with van der Waals surface area (Å²) >= 11 is 0. The Labute approximate surface area is 106 Å². The number of hydrogen-bond acceptors (Lipinski definition) is 5. The van der Waals surface area contributed by atoms with Crippen LogP contribution in [-0.2, 0) is 23.1 Å². The maximum atomic E-state index is 12.3. The molecular weight excluding hydrogens is 254 g/mol. The van der Waals surface area contributed by atoms with Crippen LogP contribution >= 0.6 is 0 Å². The number of sulfonamides is 1. The van der Waals surface area contributed by atoms with Gasteiger partial charge in [-0.1, -0.05) is 0 Å². The second-order valence-corrected chi connectivity index (χ2v) is 6.86. The summed E-state index contributed by atoms with van der Waals surface area (Å²) in [6.07, 6.45) is 3.66. The van der Waals surface area contributed by atoms with E-state index in [1.165, 1.54) is 4.31 Å². The van der Waals surface area contributed by atoms with Gasteiger partial charge in [-0.15, -0.1) is 10.2 Å². The van der Waals surface area contributed by atoms with E-state index in [1.807, 2.05) is 4.57 Å². The third-order valence-electron chi connectivity index (χ3n) is 3.57. The number of hydrogen-bond donors (Lipinski definition) is 1. The molecule has 18 heavy (non-hydrogen) atoms. The summed E-state index contributed by atoms with van der Waals surface area (Å²) in [5.74, 6) is 0.922. The highest BCUT2D eigenvalue weighted by molar-refractivity contribution is 7.89. The molecule has 2 aliphatic heterocycles. The molecule has 0 radical (unpaired) electrons. The molecule has 1 aromatic heterocycles. The molecule has 0 aromatic carbocycles. The van der Waals surface area contributed by atoms with Crippen molar-refractivity contribution in [3.05, 3.63) is 12.2 Å². The molecule has 1 aromatic rings. The number of aromatic nitrogens is 3. The second kappa shape index (κ2) is 4.60. The standard InChI is InChI=1S/C10H17N5O2S/c16-18(17,7-9-2-1-3-11-9)15-5-4-14-8-12-13-10(14)6-15/h8-9,11H,1-7H2. The lowest BCUT2D eigenvalue weighted by atomic mass is 10.3. The summed E-state index contributed by atoms with van der Waals surface area (Å²) in [4.78, 5) is 0. The molecule has 7 nitrogen and oxygen atoms in total. The zero-order valence-electron chi connectivity index (χ0n) is 10.1. The van der Waals surface area contributed by atoms with Gasteiger partial charge in [0, 0.05) is 19.1 Å². The van der Waals surface area contributed by atoms with Crippen molar-refractivity contribution in [3.8, 4) is 0 Å². The van der Waals surface area contributed by atoms with Crippen molar-refractivity contribution in [2.75, 3.05) is 18.8 Å². The molecule has 0 bridgehead atoms. The monoisotopic (exact) mass is 271 g/mol. The first-order chi connectivity index (χ1) is 8.65. The van der Waals surface area contributed by atoms with Gasteiger partial charge in [-0.05, 0) is 19.4 Å². The number of rotatable bonds is 3. The van der Waals surface area contributed by atoms with E-state index in [0.29, 0.717) is 19.6 Å². The fourth-order valence-electron chi connectivity index (χ4n) is 2.54. The summed E-state index contributed by atoms with van der Waals surface area (Å²) < 4.78 is 28.0. The summed E-state index contributed by atoms with van der Waals surface area (Å²) in [7, 11) is -3.20. The van der Waals surface area contributed by atoms with Crippen molar-refractivity contribution >= 4 is 10.0 Å². The van der Waals surface area contributed by atoms with Gasteiger partial charge in [0.25, 0.3) is 0 Å². The predicted molar refractivity (Wildman–Crippen MR) is 65.2 cm³/mol. The average Bonchev–Trinajstić information content (AvgIpc) is 2.97. The van der Waals surface area contributed by atoms with Gasteiger partial charge in [-0.2, -0.15) is 4.31 Å². The fraction of sp³-hybridized carbons (Fsp3) is 0.800. The maximum absolute atomic E-state index is 12.3. The Hall–Kier alpha value is -0.990. The van der Waals surface area contributed by atoms with Crippen LogP contribution in [0.1, 0.15) is 18.7 Å². The van der Waals surface area contributed by atoms with Crippen molar-refractivity contribution in [2.24, 2.45) is 0 Å². The van der Waals surface area contributed by atoms with Gasteiger partial charge in [0.2, 0.25) is 10.0 Å². The van der Waals surface area contributed by atoms with E-state index >= 15 is 0 Å². The molecule has 8 heteroatoms. The van der Waals surface area contributed by atoms with Crippen LogP contribution in [0.3, 0.4) is 0 Å². The van der Waals surface area contributed by atoms with Crippen LogP contribution in [0.2, 0.25) is 0 Å². The smallest absolute Gasteiger partial charge is 0.216 e. The quantitative estimate of drug-likeness (QED) is 0.776. The van der Waals surface area contributed by atoms with Gasteiger partial charge in [0.1, 0.15) is 12.2 Å². The van der Waals surface area contributed by atoms with Crippen molar-refractivity contribution in [3.63, 3.8) is 0 Å².